The molecule has 174 valence electrons. The Balaban J connectivity index is 1.38. The van der Waals surface area contributed by atoms with Crippen molar-refractivity contribution >= 4 is 26.9 Å². The van der Waals surface area contributed by atoms with Gasteiger partial charge in [-0.2, -0.15) is 4.31 Å². The number of hydrogen-bond donors (Lipinski definition) is 1. The van der Waals surface area contributed by atoms with Gasteiger partial charge >= 0.3 is 6.36 Å². The molecule has 1 amide bonds. The fourth-order valence-corrected chi connectivity index (χ4v) is 6.39. The summed E-state index contributed by atoms with van der Waals surface area (Å²) in [5, 5.41) is 3.42. The van der Waals surface area contributed by atoms with Crippen molar-refractivity contribution < 1.29 is 35.5 Å². The van der Waals surface area contributed by atoms with E-state index in [1.165, 1.54) is 22.7 Å². The minimum atomic E-state index is -5.03. The van der Waals surface area contributed by atoms with E-state index in [1.54, 1.807) is 24.3 Å². The quantitative estimate of drug-likeness (QED) is 0.580. The predicted octanol–water partition coefficient (Wildman–Crippen LogP) is 3.77. The molecule has 1 aromatic heterocycles. The molecule has 0 radical (unpaired) electrons. The van der Waals surface area contributed by atoms with Crippen molar-refractivity contribution in [1.29, 1.82) is 0 Å². The highest BCUT2D eigenvalue weighted by atomic mass is 32.2. The first kappa shape index (κ1) is 21.8. The van der Waals surface area contributed by atoms with Crippen LogP contribution in [-0.4, -0.2) is 44.1 Å². The number of furan rings is 1. The van der Waals surface area contributed by atoms with Gasteiger partial charge in [0.25, 0.3) is 5.91 Å². The molecule has 0 spiro atoms. The number of amides is 1. The summed E-state index contributed by atoms with van der Waals surface area (Å²) in [4.78, 5) is 12.3. The van der Waals surface area contributed by atoms with Crippen LogP contribution in [0.5, 0.6) is 5.75 Å². The maximum atomic E-state index is 13.3. The van der Waals surface area contributed by atoms with Crippen molar-refractivity contribution in [2.75, 3.05) is 13.1 Å². The molecule has 1 aliphatic carbocycles. The number of carbonyl (C=O) groups excluding carboxylic acids is 1. The summed E-state index contributed by atoms with van der Waals surface area (Å²) in [6.45, 7) is 0.223. The van der Waals surface area contributed by atoms with Crippen LogP contribution in [0.3, 0.4) is 0 Å². The number of benzene rings is 2. The number of piperidine rings is 1. The van der Waals surface area contributed by atoms with E-state index in [1.807, 2.05) is 0 Å². The summed E-state index contributed by atoms with van der Waals surface area (Å²) < 4.78 is 75.5. The first-order valence-corrected chi connectivity index (χ1v) is 11.7. The summed E-state index contributed by atoms with van der Waals surface area (Å²) in [6.07, 6.45) is -2.74. The number of rotatable bonds is 6. The standard InChI is InChI=1S/C22H19F3N2O5S/c23-22(24,25)32-19-5-1-2-7-20(19)33(29,30)27-12-13-10-16(13)17(27)11-26-21(28)15-4-3-6-18-14(15)8-9-31-18/h1-9,13,16-17H,10-12H2,(H,26,28)/t13-,16-,17-/m1/s1. The van der Waals surface area contributed by atoms with E-state index in [4.69, 9.17) is 4.42 Å². The highest BCUT2D eigenvalue weighted by molar-refractivity contribution is 7.89. The zero-order valence-electron chi connectivity index (χ0n) is 17.1. The van der Waals surface area contributed by atoms with Crippen molar-refractivity contribution in [3.05, 3.63) is 60.4 Å². The van der Waals surface area contributed by atoms with E-state index < -0.39 is 33.1 Å². The molecule has 11 heteroatoms. The second-order valence-electron chi connectivity index (χ2n) is 8.14. The van der Waals surface area contributed by atoms with Crippen LogP contribution in [0, 0.1) is 11.8 Å². The zero-order chi connectivity index (χ0) is 23.4. The zero-order valence-corrected chi connectivity index (χ0v) is 17.9. The average molecular weight is 480 g/mol. The Labute approximate surface area is 187 Å². The van der Waals surface area contributed by atoms with Crippen LogP contribution < -0.4 is 10.1 Å². The van der Waals surface area contributed by atoms with E-state index in [2.05, 4.69) is 10.1 Å². The number of sulfonamides is 1. The Morgan fingerprint density at radius 2 is 1.94 bits per heavy atom. The third-order valence-electron chi connectivity index (χ3n) is 6.13. The SMILES string of the molecule is O=C(NC[C@@H]1[C@@H]2C[C@@H]2CN1S(=O)(=O)c1ccccc1OC(F)(F)F)c1cccc2occc12. The molecular formula is C22H19F3N2O5S. The maximum Gasteiger partial charge on any atom is 0.573 e. The lowest BCUT2D eigenvalue weighted by Crippen LogP contribution is -2.45. The van der Waals surface area contributed by atoms with Gasteiger partial charge in [0.15, 0.2) is 0 Å². The number of alkyl halides is 3. The van der Waals surface area contributed by atoms with Gasteiger partial charge in [0, 0.05) is 24.5 Å². The molecule has 5 rings (SSSR count). The first-order valence-electron chi connectivity index (χ1n) is 10.3. The minimum absolute atomic E-state index is 0.0375. The van der Waals surface area contributed by atoms with Crippen LogP contribution >= 0.6 is 0 Å². The topological polar surface area (TPSA) is 88.9 Å². The number of nitrogens with zero attached hydrogens (tertiary/aromatic N) is 1. The van der Waals surface area contributed by atoms with Crippen LogP contribution in [0.15, 0.2) is 64.1 Å². The van der Waals surface area contributed by atoms with E-state index in [0.717, 1.165) is 18.6 Å². The van der Waals surface area contributed by atoms with Gasteiger partial charge < -0.3 is 14.5 Å². The Morgan fingerprint density at radius 3 is 2.73 bits per heavy atom. The summed E-state index contributed by atoms with van der Waals surface area (Å²) in [6, 6.07) is 10.8. The molecule has 7 nitrogen and oxygen atoms in total. The van der Waals surface area contributed by atoms with E-state index in [9.17, 15) is 26.4 Å². The third-order valence-corrected chi connectivity index (χ3v) is 8.06. The normalized spacial score (nSPS) is 22.8. The van der Waals surface area contributed by atoms with Gasteiger partial charge in [-0.1, -0.05) is 18.2 Å². The number of halogens is 3. The van der Waals surface area contributed by atoms with Crippen LogP contribution in [-0.2, 0) is 10.0 Å². The molecule has 1 N–H and O–H groups in total. The van der Waals surface area contributed by atoms with Gasteiger partial charge in [-0.05, 0) is 48.6 Å². The molecule has 1 aliphatic heterocycles. The fourth-order valence-electron chi connectivity index (χ4n) is 4.55. The number of carbonyl (C=O) groups is 1. The Bertz CT molecular complexity index is 1320. The van der Waals surface area contributed by atoms with Crippen molar-refractivity contribution in [2.24, 2.45) is 11.8 Å². The van der Waals surface area contributed by atoms with Gasteiger partial charge in [0.1, 0.15) is 16.2 Å². The van der Waals surface area contributed by atoms with E-state index in [-0.39, 0.29) is 30.8 Å². The molecule has 2 aromatic carbocycles. The third kappa shape index (κ3) is 4.06. The predicted molar refractivity (Wildman–Crippen MR) is 111 cm³/mol. The molecule has 1 saturated heterocycles. The van der Waals surface area contributed by atoms with Gasteiger partial charge in [-0.25, -0.2) is 8.42 Å². The smallest absolute Gasteiger partial charge is 0.464 e. The van der Waals surface area contributed by atoms with Gasteiger partial charge in [0.05, 0.1) is 11.8 Å². The van der Waals surface area contributed by atoms with Crippen LogP contribution in [0.1, 0.15) is 16.8 Å². The lowest BCUT2D eigenvalue weighted by molar-refractivity contribution is -0.275. The Kier molecular flexibility index (Phi) is 5.13. The number of ether oxygens (including phenoxy) is 1. The first-order chi connectivity index (χ1) is 15.6. The van der Waals surface area contributed by atoms with Crippen molar-refractivity contribution in [2.45, 2.75) is 23.7 Å². The molecule has 3 aromatic rings. The molecule has 1 saturated carbocycles. The van der Waals surface area contributed by atoms with E-state index >= 15 is 0 Å². The van der Waals surface area contributed by atoms with Crippen LogP contribution in [0.2, 0.25) is 0 Å². The lowest BCUT2D eigenvalue weighted by atomic mass is 10.1. The Morgan fingerprint density at radius 1 is 1.15 bits per heavy atom. The number of para-hydroxylation sites is 1. The molecule has 0 unspecified atom stereocenters. The summed E-state index contributed by atoms with van der Waals surface area (Å²) in [7, 11) is -4.29. The van der Waals surface area contributed by atoms with Crippen molar-refractivity contribution in [3.63, 3.8) is 0 Å². The summed E-state index contributed by atoms with van der Waals surface area (Å²) in [5.41, 5.74) is 0.946. The highest BCUT2D eigenvalue weighted by Crippen LogP contribution is 2.51. The second-order valence-corrected chi connectivity index (χ2v) is 10.0. The molecule has 2 aliphatic rings. The maximum absolute atomic E-state index is 13.3. The second kappa shape index (κ2) is 7.77. The van der Waals surface area contributed by atoms with E-state index in [0.29, 0.717) is 16.5 Å². The molecular weight excluding hydrogens is 461 g/mol. The minimum Gasteiger partial charge on any atom is -0.464 e. The van der Waals surface area contributed by atoms with Crippen molar-refractivity contribution in [3.8, 4) is 5.75 Å². The molecule has 2 heterocycles. The summed E-state index contributed by atoms with van der Waals surface area (Å²) >= 11 is 0. The Hall–Kier alpha value is -3.05. The monoisotopic (exact) mass is 480 g/mol. The van der Waals surface area contributed by atoms with Crippen LogP contribution in [0.4, 0.5) is 13.2 Å². The van der Waals surface area contributed by atoms with Gasteiger partial charge in [-0.15, -0.1) is 13.2 Å². The van der Waals surface area contributed by atoms with Gasteiger partial charge in [0.2, 0.25) is 10.0 Å². The largest absolute Gasteiger partial charge is 0.573 e. The van der Waals surface area contributed by atoms with Gasteiger partial charge in [-0.3, -0.25) is 4.79 Å². The molecule has 3 atom stereocenters. The summed E-state index contributed by atoms with van der Waals surface area (Å²) in [5.74, 6) is -1.00. The molecule has 33 heavy (non-hydrogen) atoms. The number of nitrogens with one attached hydrogen (secondary N) is 1. The fraction of sp³-hybridized carbons (Fsp3) is 0.318. The molecule has 0 bridgehead atoms. The van der Waals surface area contributed by atoms with Crippen LogP contribution in [0.25, 0.3) is 11.0 Å². The van der Waals surface area contributed by atoms with Crippen molar-refractivity contribution in [1.82, 2.24) is 9.62 Å². The highest BCUT2D eigenvalue weighted by Gasteiger charge is 2.56. The number of hydrogen-bond acceptors (Lipinski definition) is 5. The average Bonchev–Trinajstić information content (AvgIpc) is 3.18. The number of fused-ring (bicyclic) bond motifs is 2. The molecule has 2 fully saturated rings. The lowest BCUT2D eigenvalue weighted by Gasteiger charge is -2.28.